The number of aliphatic hydroxyl groups excluding tert-OH is 1. The molecule has 0 bridgehead atoms. The largest absolute Gasteiger partial charge is 0.388 e. The number of nitro groups is 1. The van der Waals surface area contributed by atoms with Crippen LogP contribution in [-0.4, -0.2) is 21.7 Å². The van der Waals surface area contributed by atoms with Crippen molar-refractivity contribution in [2.75, 3.05) is 6.54 Å². The molecule has 0 radical (unpaired) electrons. The molecule has 0 heterocycles. The molecule has 0 amide bonds. The molecule has 5 nitrogen and oxygen atoms in total. The van der Waals surface area contributed by atoms with Crippen molar-refractivity contribution in [1.29, 1.82) is 0 Å². The number of benzene rings is 2. The first-order valence-corrected chi connectivity index (χ1v) is 6.83. The summed E-state index contributed by atoms with van der Waals surface area (Å²) in [6.07, 6.45) is -0.373. The molecule has 0 saturated heterocycles. The SMILES string of the molecule is O=[N+]([O-])N(CCC(O)c1ccccc1)Cc1ccccc1. The van der Waals surface area contributed by atoms with Gasteiger partial charge in [-0.25, -0.2) is 10.1 Å². The Kier molecular flexibility index (Phi) is 5.29. The zero-order valence-corrected chi connectivity index (χ0v) is 11.6. The fourth-order valence-electron chi connectivity index (χ4n) is 2.13. The van der Waals surface area contributed by atoms with Crippen LogP contribution in [0.5, 0.6) is 0 Å². The molecule has 0 aliphatic carbocycles. The van der Waals surface area contributed by atoms with Crippen LogP contribution in [0.3, 0.4) is 0 Å². The molecule has 0 fully saturated rings. The van der Waals surface area contributed by atoms with Crippen LogP contribution in [0.25, 0.3) is 0 Å². The lowest BCUT2D eigenvalue weighted by atomic mass is 10.1. The number of rotatable bonds is 7. The van der Waals surface area contributed by atoms with E-state index in [0.717, 1.165) is 16.1 Å². The van der Waals surface area contributed by atoms with Gasteiger partial charge < -0.3 is 5.11 Å². The minimum absolute atomic E-state index is 0.192. The molecule has 2 rings (SSSR count). The first kappa shape index (κ1) is 15.0. The second-order valence-electron chi connectivity index (χ2n) is 4.83. The van der Waals surface area contributed by atoms with Crippen LogP contribution < -0.4 is 0 Å². The Morgan fingerprint density at radius 2 is 1.62 bits per heavy atom. The summed E-state index contributed by atoms with van der Waals surface area (Å²) in [6.45, 7) is 0.424. The first-order valence-electron chi connectivity index (χ1n) is 6.83. The van der Waals surface area contributed by atoms with Crippen LogP contribution in [0.2, 0.25) is 0 Å². The second-order valence-corrected chi connectivity index (χ2v) is 4.83. The van der Waals surface area contributed by atoms with Crippen molar-refractivity contribution in [1.82, 2.24) is 5.01 Å². The topological polar surface area (TPSA) is 66.6 Å². The molecular weight excluding hydrogens is 268 g/mol. The minimum atomic E-state index is -0.690. The van der Waals surface area contributed by atoms with Crippen molar-refractivity contribution < 1.29 is 10.1 Å². The molecule has 2 aromatic rings. The Morgan fingerprint density at radius 1 is 1.05 bits per heavy atom. The van der Waals surface area contributed by atoms with E-state index < -0.39 is 11.1 Å². The fourth-order valence-corrected chi connectivity index (χ4v) is 2.13. The Hall–Kier alpha value is -2.40. The van der Waals surface area contributed by atoms with E-state index in [1.54, 1.807) is 0 Å². The van der Waals surface area contributed by atoms with Gasteiger partial charge in [0.25, 0.3) is 0 Å². The van der Waals surface area contributed by atoms with Crippen LogP contribution >= 0.6 is 0 Å². The number of aliphatic hydroxyl groups is 1. The van der Waals surface area contributed by atoms with Crippen molar-refractivity contribution >= 4 is 0 Å². The average Bonchev–Trinajstić information content (AvgIpc) is 2.52. The number of hydrogen-bond donors (Lipinski definition) is 1. The standard InChI is InChI=1S/C16H18N2O3/c19-16(15-9-5-2-6-10-15)11-12-17(18(20)21)13-14-7-3-1-4-8-14/h1-10,16,19H,11-13H2. The molecule has 110 valence electrons. The molecule has 0 aromatic heterocycles. The average molecular weight is 286 g/mol. The zero-order chi connectivity index (χ0) is 15.1. The molecule has 0 spiro atoms. The highest BCUT2D eigenvalue weighted by Gasteiger charge is 2.17. The normalized spacial score (nSPS) is 11.9. The van der Waals surface area contributed by atoms with E-state index in [9.17, 15) is 15.2 Å². The van der Waals surface area contributed by atoms with E-state index in [-0.39, 0.29) is 13.1 Å². The second kappa shape index (κ2) is 7.40. The molecule has 1 atom stereocenters. The summed E-state index contributed by atoms with van der Waals surface area (Å²) in [5.41, 5.74) is 1.66. The molecule has 21 heavy (non-hydrogen) atoms. The Morgan fingerprint density at radius 3 is 2.19 bits per heavy atom. The van der Waals surface area contributed by atoms with Gasteiger partial charge in [0.2, 0.25) is 0 Å². The summed E-state index contributed by atoms with van der Waals surface area (Å²) < 4.78 is 0. The van der Waals surface area contributed by atoms with Gasteiger partial charge in [0.05, 0.1) is 12.6 Å². The van der Waals surface area contributed by atoms with E-state index in [1.807, 2.05) is 60.7 Å². The smallest absolute Gasteiger partial charge is 0.160 e. The highest BCUT2D eigenvalue weighted by molar-refractivity contribution is 5.17. The monoisotopic (exact) mass is 286 g/mol. The summed E-state index contributed by atoms with van der Waals surface area (Å²) in [4.78, 5) is 11.1. The Bertz CT molecular complexity index is 560. The Labute approximate surface area is 123 Å². The van der Waals surface area contributed by atoms with Crippen molar-refractivity contribution in [2.45, 2.75) is 19.1 Å². The van der Waals surface area contributed by atoms with Crippen LogP contribution in [0.4, 0.5) is 0 Å². The molecule has 2 aromatic carbocycles. The third-order valence-corrected chi connectivity index (χ3v) is 3.28. The highest BCUT2D eigenvalue weighted by Crippen LogP contribution is 2.17. The lowest BCUT2D eigenvalue weighted by molar-refractivity contribution is -0.659. The van der Waals surface area contributed by atoms with Gasteiger partial charge in [0.1, 0.15) is 6.54 Å². The van der Waals surface area contributed by atoms with Crippen molar-refractivity contribution in [3.63, 3.8) is 0 Å². The van der Waals surface area contributed by atoms with E-state index >= 15 is 0 Å². The summed E-state index contributed by atoms with van der Waals surface area (Å²) in [6, 6.07) is 18.5. The lowest BCUT2D eigenvalue weighted by Crippen LogP contribution is -2.31. The highest BCUT2D eigenvalue weighted by atomic mass is 16.7. The molecule has 1 N–H and O–H groups in total. The minimum Gasteiger partial charge on any atom is -0.388 e. The fraction of sp³-hybridized carbons (Fsp3) is 0.250. The van der Waals surface area contributed by atoms with Crippen molar-refractivity contribution in [3.8, 4) is 0 Å². The summed E-state index contributed by atoms with van der Waals surface area (Å²) in [5.74, 6) is 0. The van der Waals surface area contributed by atoms with Gasteiger partial charge in [-0.2, -0.15) is 0 Å². The van der Waals surface area contributed by atoms with E-state index in [4.69, 9.17) is 0 Å². The third kappa shape index (κ3) is 4.57. The van der Waals surface area contributed by atoms with Crippen LogP contribution in [0.1, 0.15) is 23.7 Å². The summed E-state index contributed by atoms with van der Waals surface area (Å²) in [5, 5.41) is 21.9. The first-order chi connectivity index (χ1) is 10.2. The van der Waals surface area contributed by atoms with Gasteiger partial charge in [-0.3, -0.25) is 0 Å². The molecular formula is C16H18N2O3. The van der Waals surface area contributed by atoms with E-state index in [0.29, 0.717) is 6.42 Å². The molecule has 1 unspecified atom stereocenters. The number of hydrogen-bond acceptors (Lipinski definition) is 3. The molecule has 0 saturated carbocycles. The van der Waals surface area contributed by atoms with Gasteiger partial charge in [-0.1, -0.05) is 60.7 Å². The van der Waals surface area contributed by atoms with Gasteiger partial charge >= 0.3 is 0 Å². The maximum Gasteiger partial charge on any atom is 0.160 e. The zero-order valence-electron chi connectivity index (χ0n) is 11.6. The van der Waals surface area contributed by atoms with Gasteiger partial charge in [0, 0.05) is 6.42 Å². The van der Waals surface area contributed by atoms with E-state index in [2.05, 4.69) is 0 Å². The van der Waals surface area contributed by atoms with Crippen molar-refractivity contribution in [2.24, 2.45) is 0 Å². The maximum atomic E-state index is 11.1. The molecule has 5 heteroatoms. The van der Waals surface area contributed by atoms with Crippen molar-refractivity contribution in [3.05, 3.63) is 81.9 Å². The Balaban J connectivity index is 1.93. The predicted octanol–water partition coefficient (Wildman–Crippen LogP) is 2.80. The number of hydrazine groups is 1. The third-order valence-electron chi connectivity index (χ3n) is 3.28. The van der Waals surface area contributed by atoms with Gasteiger partial charge in [0.15, 0.2) is 5.03 Å². The lowest BCUT2D eigenvalue weighted by Gasteiger charge is -2.17. The van der Waals surface area contributed by atoms with Gasteiger partial charge in [-0.15, -0.1) is 5.01 Å². The van der Waals surface area contributed by atoms with Gasteiger partial charge in [-0.05, 0) is 11.1 Å². The van der Waals surface area contributed by atoms with Crippen LogP contribution in [-0.2, 0) is 6.54 Å². The quantitative estimate of drug-likeness (QED) is 0.628. The van der Waals surface area contributed by atoms with Crippen LogP contribution in [0.15, 0.2) is 60.7 Å². The molecule has 0 aliphatic heterocycles. The van der Waals surface area contributed by atoms with E-state index in [1.165, 1.54) is 0 Å². The maximum absolute atomic E-state index is 11.1. The summed E-state index contributed by atoms with van der Waals surface area (Å²) >= 11 is 0. The summed E-state index contributed by atoms with van der Waals surface area (Å²) in [7, 11) is 0. The number of nitrogens with zero attached hydrogens (tertiary/aromatic N) is 2. The van der Waals surface area contributed by atoms with Crippen LogP contribution in [0, 0.1) is 10.1 Å². The molecule has 0 aliphatic rings. The predicted molar refractivity (Wildman–Crippen MR) is 79.9 cm³/mol.